The Kier molecular flexibility index (Phi) is 4.47. The van der Waals surface area contributed by atoms with Gasteiger partial charge in [0.2, 0.25) is 6.23 Å². The van der Waals surface area contributed by atoms with Crippen molar-refractivity contribution < 1.29 is 9.47 Å². The van der Waals surface area contributed by atoms with Crippen LogP contribution >= 0.6 is 0 Å². The number of benzene rings is 3. The third-order valence-electron chi connectivity index (χ3n) is 5.54. The van der Waals surface area contributed by atoms with Gasteiger partial charge in [-0.25, -0.2) is 5.01 Å². The van der Waals surface area contributed by atoms with E-state index in [9.17, 15) is 0 Å². The van der Waals surface area contributed by atoms with Crippen LogP contribution in [0.1, 0.15) is 47.9 Å². The van der Waals surface area contributed by atoms with E-state index in [0.29, 0.717) is 6.61 Å². The largest absolute Gasteiger partial charge is 0.494 e. The number of nitrogens with zero attached hydrogens (tertiary/aromatic N) is 2. The molecule has 0 aliphatic carbocycles. The molecule has 0 amide bonds. The molecular formula is C25H24N2O2. The first-order valence-electron chi connectivity index (χ1n) is 10.1. The number of aryl methyl sites for hydroxylation is 1. The van der Waals surface area contributed by atoms with Crippen LogP contribution in [0.4, 0.5) is 0 Å². The predicted octanol–water partition coefficient (Wildman–Crippen LogP) is 5.64. The monoisotopic (exact) mass is 384 g/mol. The van der Waals surface area contributed by atoms with Crippen LogP contribution in [0.2, 0.25) is 0 Å². The minimum atomic E-state index is -0.243. The quantitative estimate of drug-likeness (QED) is 0.584. The molecule has 2 aliphatic heterocycles. The number of rotatable bonds is 4. The summed E-state index contributed by atoms with van der Waals surface area (Å²) in [7, 11) is 0. The molecule has 0 radical (unpaired) electrons. The smallest absolute Gasteiger partial charge is 0.213 e. The van der Waals surface area contributed by atoms with E-state index in [1.165, 1.54) is 5.56 Å². The zero-order valence-corrected chi connectivity index (χ0v) is 16.7. The molecule has 3 aromatic rings. The number of hydrogen-bond donors (Lipinski definition) is 0. The second kappa shape index (κ2) is 7.28. The van der Waals surface area contributed by atoms with Gasteiger partial charge in [0.05, 0.1) is 18.4 Å². The summed E-state index contributed by atoms with van der Waals surface area (Å²) in [5, 5.41) is 7.14. The fourth-order valence-corrected chi connectivity index (χ4v) is 4.08. The molecule has 4 heteroatoms. The zero-order chi connectivity index (χ0) is 19.8. The lowest BCUT2D eigenvalue weighted by molar-refractivity contribution is -0.0191. The van der Waals surface area contributed by atoms with Crippen molar-refractivity contribution in [2.24, 2.45) is 5.10 Å². The molecule has 0 aromatic heterocycles. The Morgan fingerprint density at radius 1 is 1.03 bits per heavy atom. The highest BCUT2D eigenvalue weighted by molar-refractivity contribution is 6.01. The Bertz CT molecular complexity index is 1040. The van der Waals surface area contributed by atoms with Crippen molar-refractivity contribution >= 4 is 5.71 Å². The van der Waals surface area contributed by atoms with Gasteiger partial charge in [-0.2, -0.15) is 5.10 Å². The molecule has 2 atom stereocenters. The van der Waals surface area contributed by atoms with Crippen molar-refractivity contribution in [3.8, 4) is 11.5 Å². The van der Waals surface area contributed by atoms with Crippen molar-refractivity contribution in [2.75, 3.05) is 6.61 Å². The molecule has 2 aliphatic rings. The number of hydrogen-bond acceptors (Lipinski definition) is 4. The van der Waals surface area contributed by atoms with Crippen LogP contribution in [-0.2, 0) is 0 Å². The van der Waals surface area contributed by atoms with E-state index in [1.807, 2.05) is 25.1 Å². The summed E-state index contributed by atoms with van der Waals surface area (Å²) in [6.07, 6.45) is 0.602. The first-order valence-corrected chi connectivity index (χ1v) is 10.1. The standard InChI is InChI=1S/C25H24N2O2/c1-3-28-20-13-14-24-21(15-20)23-16-22(18-7-5-4-6-8-18)26-27(23)25(29-24)19-11-9-17(2)10-12-19/h4-15,23,25H,3,16H2,1-2H3/t23-,25+/m0/s1. The highest BCUT2D eigenvalue weighted by Gasteiger charge is 2.41. The van der Waals surface area contributed by atoms with Gasteiger partial charge in [-0.1, -0.05) is 60.2 Å². The van der Waals surface area contributed by atoms with Crippen LogP contribution in [0.3, 0.4) is 0 Å². The Hall–Kier alpha value is -3.27. The fourth-order valence-electron chi connectivity index (χ4n) is 4.08. The molecule has 0 bridgehead atoms. The van der Waals surface area contributed by atoms with Crippen LogP contribution in [-0.4, -0.2) is 17.3 Å². The molecule has 0 fully saturated rings. The minimum absolute atomic E-state index is 0.126. The molecule has 29 heavy (non-hydrogen) atoms. The lowest BCUT2D eigenvalue weighted by Crippen LogP contribution is -2.33. The normalized spacial score (nSPS) is 19.8. The minimum Gasteiger partial charge on any atom is -0.494 e. The van der Waals surface area contributed by atoms with Crippen molar-refractivity contribution in [1.29, 1.82) is 0 Å². The summed E-state index contributed by atoms with van der Waals surface area (Å²) in [6, 6.07) is 25.1. The van der Waals surface area contributed by atoms with Crippen molar-refractivity contribution in [1.82, 2.24) is 5.01 Å². The van der Waals surface area contributed by atoms with E-state index < -0.39 is 0 Å². The van der Waals surface area contributed by atoms with E-state index in [2.05, 4.69) is 66.5 Å². The Labute approximate surface area is 171 Å². The Morgan fingerprint density at radius 2 is 1.83 bits per heavy atom. The average molecular weight is 384 g/mol. The maximum atomic E-state index is 6.45. The highest BCUT2D eigenvalue weighted by atomic mass is 16.5. The summed E-state index contributed by atoms with van der Waals surface area (Å²) in [6.45, 7) is 4.74. The zero-order valence-electron chi connectivity index (χ0n) is 16.7. The van der Waals surface area contributed by atoms with Crippen LogP contribution in [0.5, 0.6) is 11.5 Å². The summed E-state index contributed by atoms with van der Waals surface area (Å²) in [5.41, 5.74) is 5.72. The van der Waals surface area contributed by atoms with Gasteiger partial charge in [0.15, 0.2) is 0 Å². The molecule has 3 aromatic carbocycles. The van der Waals surface area contributed by atoms with Gasteiger partial charge in [-0.15, -0.1) is 0 Å². The van der Waals surface area contributed by atoms with E-state index >= 15 is 0 Å². The van der Waals surface area contributed by atoms with Crippen molar-refractivity contribution in [3.05, 3.63) is 95.1 Å². The first-order chi connectivity index (χ1) is 14.2. The summed E-state index contributed by atoms with van der Waals surface area (Å²) >= 11 is 0. The molecule has 5 rings (SSSR count). The number of fused-ring (bicyclic) bond motifs is 3. The molecule has 0 unspecified atom stereocenters. The molecular weight excluding hydrogens is 360 g/mol. The topological polar surface area (TPSA) is 34.1 Å². The third kappa shape index (κ3) is 3.25. The van der Waals surface area contributed by atoms with Gasteiger partial charge in [-0.3, -0.25) is 0 Å². The highest BCUT2D eigenvalue weighted by Crippen LogP contribution is 2.48. The summed E-state index contributed by atoms with van der Waals surface area (Å²) in [4.78, 5) is 0. The first kappa shape index (κ1) is 17.8. The van der Waals surface area contributed by atoms with Gasteiger partial charge in [0.1, 0.15) is 11.5 Å². The molecule has 0 N–H and O–H groups in total. The van der Waals surface area contributed by atoms with E-state index in [1.54, 1.807) is 0 Å². The van der Waals surface area contributed by atoms with Crippen LogP contribution < -0.4 is 9.47 Å². The summed E-state index contributed by atoms with van der Waals surface area (Å²) in [5.74, 6) is 1.78. The SMILES string of the molecule is CCOc1ccc2c(c1)[C@@H]1CC(c3ccccc3)=NN1[C@@H](c1ccc(C)cc1)O2. The molecule has 0 saturated heterocycles. The molecule has 4 nitrogen and oxygen atoms in total. The maximum Gasteiger partial charge on any atom is 0.213 e. The predicted molar refractivity (Wildman–Crippen MR) is 114 cm³/mol. The molecule has 2 heterocycles. The van der Waals surface area contributed by atoms with Crippen molar-refractivity contribution in [3.63, 3.8) is 0 Å². The van der Waals surface area contributed by atoms with Gasteiger partial charge < -0.3 is 9.47 Å². The Morgan fingerprint density at radius 3 is 2.59 bits per heavy atom. The maximum absolute atomic E-state index is 6.45. The second-order valence-electron chi connectivity index (χ2n) is 7.53. The van der Waals surface area contributed by atoms with Gasteiger partial charge in [0, 0.05) is 17.5 Å². The average Bonchev–Trinajstić information content (AvgIpc) is 3.21. The van der Waals surface area contributed by atoms with Crippen LogP contribution in [0.25, 0.3) is 0 Å². The van der Waals surface area contributed by atoms with Gasteiger partial charge >= 0.3 is 0 Å². The number of hydrazone groups is 1. The van der Waals surface area contributed by atoms with E-state index in [0.717, 1.165) is 40.3 Å². The van der Waals surface area contributed by atoms with E-state index in [-0.39, 0.29) is 12.3 Å². The van der Waals surface area contributed by atoms with Gasteiger partial charge in [0.25, 0.3) is 0 Å². The number of ether oxygens (including phenoxy) is 2. The lowest BCUT2D eigenvalue weighted by atomic mass is 9.95. The fraction of sp³-hybridized carbons (Fsp3) is 0.240. The molecule has 146 valence electrons. The molecule has 0 spiro atoms. The van der Waals surface area contributed by atoms with Gasteiger partial charge in [-0.05, 0) is 37.6 Å². The van der Waals surface area contributed by atoms with Crippen molar-refractivity contribution in [2.45, 2.75) is 32.5 Å². The van der Waals surface area contributed by atoms with Crippen LogP contribution in [0, 0.1) is 6.92 Å². The molecule has 0 saturated carbocycles. The lowest BCUT2D eigenvalue weighted by Gasteiger charge is -2.38. The summed E-state index contributed by atoms with van der Waals surface area (Å²) < 4.78 is 12.2. The van der Waals surface area contributed by atoms with Crippen LogP contribution in [0.15, 0.2) is 77.9 Å². The van der Waals surface area contributed by atoms with E-state index in [4.69, 9.17) is 14.6 Å². The third-order valence-corrected chi connectivity index (χ3v) is 5.54. The second-order valence-corrected chi connectivity index (χ2v) is 7.53. The Balaban J connectivity index is 1.58.